The van der Waals surface area contributed by atoms with Crippen molar-refractivity contribution < 1.29 is 9.47 Å². The van der Waals surface area contributed by atoms with Crippen LogP contribution in [0.2, 0.25) is 0 Å². The number of anilines is 1. The number of nitrogens with zero attached hydrogens (tertiary/aromatic N) is 3. The highest BCUT2D eigenvalue weighted by Crippen LogP contribution is 2.26. The van der Waals surface area contributed by atoms with Crippen LogP contribution < -0.4 is 14.8 Å². The van der Waals surface area contributed by atoms with Gasteiger partial charge in [0.25, 0.3) is 0 Å². The summed E-state index contributed by atoms with van der Waals surface area (Å²) < 4.78 is 11.7. The predicted molar refractivity (Wildman–Crippen MR) is 101 cm³/mol. The molecule has 0 aliphatic carbocycles. The van der Waals surface area contributed by atoms with Crippen LogP contribution in [0.15, 0.2) is 36.4 Å². The molecule has 0 bridgehead atoms. The molecule has 2 aromatic carbocycles. The standard InChI is InChI=1S/C20H22N4O2/c1-12-6-13(2)9-16(8-12)25-19-22-18(21-5)23-20(24-19)26-17-10-14(3)7-15(4)11-17/h6-11H,1-5H3,(H,21,22,23,24). The molecule has 0 fully saturated rings. The van der Waals surface area contributed by atoms with E-state index in [1.54, 1.807) is 7.05 Å². The van der Waals surface area contributed by atoms with Gasteiger partial charge in [0.2, 0.25) is 5.95 Å². The normalized spacial score (nSPS) is 10.5. The quantitative estimate of drug-likeness (QED) is 0.717. The molecule has 0 unspecified atom stereocenters. The van der Waals surface area contributed by atoms with E-state index in [0.29, 0.717) is 17.4 Å². The van der Waals surface area contributed by atoms with Crippen molar-refractivity contribution in [2.24, 2.45) is 0 Å². The predicted octanol–water partition coefficient (Wildman–Crippen LogP) is 4.73. The third kappa shape index (κ3) is 4.47. The van der Waals surface area contributed by atoms with Crippen LogP contribution in [-0.2, 0) is 0 Å². The fourth-order valence-electron chi connectivity index (χ4n) is 2.74. The molecule has 0 saturated heterocycles. The maximum Gasteiger partial charge on any atom is 0.330 e. The molecule has 0 amide bonds. The summed E-state index contributed by atoms with van der Waals surface area (Å²) in [6, 6.07) is 12.2. The first-order chi connectivity index (χ1) is 12.4. The molecule has 0 saturated carbocycles. The second kappa shape index (κ2) is 7.39. The van der Waals surface area contributed by atoms with E-state index in [4.69, 9.17) is 9.47 Å². The van der Waals surface area contributed by atoms with Gasteiger partial charge in [-0.1, -0.05) is 12.1 Å². The molecule has 0 aliphatic heterocycles. The summed E-state index contributed by atoms with van der Waals surface area (Å²) in [6.07, 6.45) is 0. The average molecular weight is 350 g/mol. The Morgan fingerprint density at radius 2 is 1.00 bits per heavy atom. The van der Waals surface area contributed by atoms with E-state index < -0.39 is 0 Å². The van der Waals surface area contributed by atoms with Gasteiger partial charge in [-0.05, 0) is 74.2 Å². The minimum absolute atomic E-state index is 0.175. The van der Waals surface area contributed by atoms with Crippen molar-refractivity contribution in [1.29, 1.82) is 0 Å². The molecular formula is C20H22N4O2. The van der Waals surface area contributed by atoms with Crippen molar-refractivity contribution in [3.05, 3.63) is 58.7 Å². The Labute approximate surface area is 153 Å². The molecule has 1 N–H and O–H groups in total. The van der Waals surface area contributed by atoms with E-state index >= 15 is 0 Å². The number of rotatable bonds is 5. The van der Waals surface area contributed by atoms with Gasteiger partial charge < -0.3 is 14.8 Å². The van der Waals surface area contributed by atoms with Crippen LogP contribution in [0.5, 0.6) is 23.5 Å². The van der Waals surface area contributed by atoms with Crippen LogP contribution >= 0.6 is 0 Å². The monoisotopic (exact) mass is 350 g/mol. The molecule has 1 heterocycles. The molecule has 6 heteroatoms. The lowest BCUT2D eigenvalue weighted by Gasteiger charge is -2.10. The smallest absolute Gasteiger partial charge is 0.330 e. The minimum atomic E-state index is 0.175. The average Bonchev–Trinajstić information content (AvgIpc) is 2.52. The van der Waals surface area contributed by atoms with Crippen molar-refractivity contribution in [3.63, 3.8) is 0 Å². The minimum Gasteiger partial charge on any atom is -0.424 e. The van der Waals surface area contributed by atoms with Crippen molar-refractivity contribution >= 4 is 5.95 Å². The Hall–Kier alpha value is -3.15. The first-order valence-corrected chi connectivity index (χ1v) is 8.37. The van der Waals surface area contributed by atoms with Gasteiger partial charge in [-0.3, -0.25) is 0 Å². The van der Waals surface area contributed by atoms with Crippen LogP contribution in [0.25, 0.3) is 0 Å². The van der Waals surface area contributed by atoms with Gasteiger partial charge in [0.1, 0.15) is 11.5 Å². The number of aryl methyl sites for hydroxylation is 4. The molecular weight excluding hydrogens is 328 g/mol. The maximum atomic E-state index is 5.83. The number of nitrogens with one attached hydrogen (secondary N) is 1. The number of aromatic nitrogens is 3. The molecule has 0 spiro atoms. The number of hydrogen-bond donors (Lipinski definition) is 1. The SMILES string of the molecule is CNc1nc(Oc2cc(C)cc(C)c2)nc(Oc2cc(C)cc(C)c2)n1. The summed E-state index contributed by atoms with van der Waals surface area (Å²) in [7, 11) is 1.73. The first-order valence-electron chi connectivity index (χ1n) is 8.37. The van der Waals surface area contributed by atoms with E-state index in [2.05, 4.69) is 32.4 Å². The lowest BCUT2D eigenvalue weighted by Crippen LogP contribution is -2.03. The van der Waals surface area contributed by atoms with Crippen molar-refractivity contribution in [2.75, 3.05) is 12.4 Å². The van der Waals surface area contributed by atoms with E-state index in [1.807, 2.05) is 52.0 Å². The molecule has 0 aliphatic rings. The highest BCUT2D eigenvalue weighted by molar-refractivity contribution is 5.37. The molecule has 1 aromatic heterocycles. The zero-order valence-electron chi connectivity index (χ0n) is 15.6. The van der Waals surface area contributed by atoms with Crippen LogP contribution in [0.3, 0.4) is 0 Å². The van der Waals surface area contributed by atoms with E-state index in [0.717, 1.165) is 22.3 Å². The molecule has 0 atom stereocenters. The van der Waals surface area contributed by atoms with Gasteiger partial charge in [0.15, 0.2) is 0 Å². The van der Waals surface area contributed by atoms with Gasteiger partial charge in [0.05, 0.1) is 0 Å². The second-order valence-corrected chi connectivity index (χ2v) is 6.33. The van der Waals surface area contributed by atoms with Crippen molar-refractivity contribution in [1.82, 2.24) is 15.0 Å². The molecule has 3 aromatic rings. The summed E-state index contributed by atoms with van der Waals surface area (Å²) in [6.45, 7) is 8.06. The third-order valence-corrected chi connectivity index (χ3v) is 3.63. The van der Waals surface area contributed by atoms with Gasteiger partial charge in [-0.2, -0.15) is 9.97 Å². The van der Waals surface area contributed by atoms with E-state index in [9.17, 15) is 0 Å². The van der Waals surface area contributed by atoms with Gasteiger partial charge in [-0.25, -0.2) is 0 Å². The zero-order valence-corrected chi connectivity index (χ0v) is 15.6. The summed E-state index contributed by atoms with van der Waals surface area (Å²) >= 11 is 0. The largest absolute Gasteiger partial charge is 0.424 e. The van der Waals surface area contributed by atoms with Gasteiger partial charge >= 0.3 is 12.0 Å². The number of hydrogen-bond acceptors (Lipinski definition) is 6. The maximum absolute atomic E-state index is 5.83. The number of benzene rings is 2. The topological polar surface area (TPSA) is 69.2 Å². The zero-order chi connectivity index (χ0) is 18.7. The fraction of sp³-hybridized carbons (Fsp3) is 0.250. The lowest BCUT2D eigenvalue weighted by molar-refractivity contribution is 0.398. The Morgan fingerprint density at radius 3 is 1.35 bits per heavy atom. The molecule has 26 heavy (non-hydrogen) atoms. The lowest BCUT2D eigenvalue weighted by atomic mass is 10.1. The summed E-state index contributed by atoms with van der Waals surface area (Å²) in [5.41, 5.74) is 4.42. The van der Waals surface area contributed by atoms with Gasteiger partial charge in [0, 0.05) is 7.05 Å². The van der Waals surface area contributed by atoms with Gasteiger partial charge in [-0.15, -0.1) is 4.98 Å². The van der Waals surface area contributed by atoms with Crippen molar-refractivity contribution in [3.8, 4) is 23.5 Å². The summed E-state index contributed by atoms with van der Waals surface area (Å²) in [5, 5.41) is 2.90. The Kier molecular flexibility index (Phi) is 5.02. The molecule has 3 rings (SSSR count). The van der Waals surface area contributed by atoms with E-state index in [-0.39, 0.29) is 12.0 Å². The fourth-order valence-corrected chi connectivity index (χ4v) is 2.74. The Bertz CT molecular complexity index is 829. The van der Waals surface area contributed by atoms with E-state index in [1.165, 1.54) is 0 Å². The molecule has 6 nitrogen and oxygen atoms in total. The highest BCUT2D eigenvalue weighted by atomic mass is 16.5. The third-order valence-electron chi connectivity index (χ3n) is 3.63. The van der Waals surface area contributed by atoms with Crippen molar-refractivity contribution in [2.45, 2.75) is 27.7 Å². The summed E-state index contributed by atoms with van der Waals surface area (Å²) in [5.74, 6) is 1.72. The molecule has 0 radical (unpaired) electrons. The van der Waals surface area contributed by atoms with Crippen LogP contribution in [-0.4, -0.2) is 22.0 Å². The highest BCUT2D eigenvalue weighted by Gasteiger charge is 2.11. The van der Waals surface area contributed by atoms with Crippen LogP contribution in [0.4, 0.5) is 5.95 Å². The van der Waals surface area contributed by atoms with Crippen LogP contribution in [0.1, 0.15) is 22.3 Å². The van der Waals surface area contributed by atoms with Crippen LogP contribution in [0, 0.1) is 27.7 Å². The molecule has 134 valence electrons. The first kappa shape index (κ1) is 17.7. The summed E-state index contributed by atoms with van der Waals surface area (Å²) in [4.78, 5) is 12.8. The second-order valence-electron chi connectivity index (χ2n) is 6.33. The number of ether oxygens (including phenoxy) is 2. The Balaban J connectivity index is 1.90. The Morgan fingerprint density at radius 1 is 0.615 bits per heavy atom.